The van der Waals surface area contributed by atoms with E-state index in [0.29, 0.717) is 50.7 Å². The number of hydrogen-bond acceptors (Lipinski definition) is 6. The molecular weight excluding hydrogens is 507 g/mol. The quantitative estimate of drug-likeness (QED) is 0.245. The predicted octanol–water partition coefficient (Wildman–Crippen LogP) is 5.62. The summed E-state index contributed by atoms with van der Waals surface area (Å²) < 4.78 is 19.3. The van der Waals surface area contributed by atoms with E-state index in [1.54, 1.807) is 41.9 Å². The van der Waals surface area contributed by atoms with E-state index in [1.807, 2.05) is 36.4 Å². The molecule has 0 unspecified atom stereocenters. The molecule has 178 valence electrons. The number of nitrogens with zero attached hydrogens (tertiary/aromatic N) is 2. The Morgan fingerprint density at radius 1 is 1.03 bits per heavy atom. The maximum absolute atomic E-state index is 13.0. The van der Waals surface area contributed by atoms with Crippen molar-refractivity contribution in [2.75, 3.05) is 20.3 Å². The van der Waals surface area contributed by atoms with Crippen LogP contribution in [0, 0.1) is 0 Å². The fourth-order valence-electron chi connectivity index (χ4n) is 3.68. The first kappa shape index (κ1) is 23.5. The topological polar surface area (TPSA) is 62.1 Å². The minimum absolute atomic E-state index is 0.116. The fourth-order valence-corrected chi connectivity index (χ4v) is 5.07. The number of methoxy groups -OCH3 is 1. The van der Waals surface area contributed by atoms with Gasteiger partial charge in [-0.2, -0.15) is 0 Å². The van der Waals surface area contributed by atoms with E-state index in [4.69, 9.17) is 37.4 Å². The van der Waals surface area contributed by atoms with Crippen molar-refractivity contribution in [1.29, 1.82) is 0 Å². The van der Waals surface area contributed by atoms with Crippen LogP contribution in [0.4, 0.5) is 0 Å². The number of rotatable bonds is 8. The number of hydrogen-bond donors (Lipinski definition) is 0. The maximum atomic E-state index is 13.0. The van der Waals surface area contributed by atoms with Crippen molar-refractivity contribution in [2.45, 2.75) is 6.42 Å². The maximum Gasteiger partial charge on any atom is 0.274 e. The highest BCUT2D eigenvalue weighted by atomic mass is 35.5. The molecule has 3 aromatic carbocycles. The first-order valence-electron chi connectivity index (χ1n) is 10.8. The third kappa shape index (κ3) is 4.93. The Labute approximate surface area is 214 Å². The molecule has 0 aliphatic carbocycles. The average molecular weight is 527 g/mol. The van der Waals surface area contributed by atoms with E-state index in [0.717, 1.165) is 22.3 Å². The van der Waals surface area contributed by atoms with Crippen LogP contribution < -0.4 is 24.3 Å². The monoisotopic (exact) mass is 526 g/mol. The number of aromatic nitrogens is 2. The number of para-hydroxylation sites is 2. The Morgan fingerprint density at radius 2 is 1.80 bits per heavy atom. The van der Waals surface area contributed by atoms with Gasteiger partial charge in [0.1, 0.15) is 5.75 Å². The number of ether oxygens (including phenoxy) is 3. The molecule has 0 saturated carbocycles. The zero-order valence-corrected chi connectivity index (χ0v) is 21.0. The molecular formula is C26H20Cl2N2O4S. The highest BCUT2D eigenvalue weighted by Crippen LogP contribution is 2.36. The molecule has 0 atom stereocenters. The van der Waals surface area contributed by atoms with Crippen LogP contribution in [-0.2, 0) is 0 Å². The number of thiazole rings is 1. The molecule has 0 aliphatic heterocycles. The lowest BCUT2D eigenvalue weighted by atomic mass is 10.2. The molecule has 5 rings (SSSR count). The number of halogens is 2. The van der Waals surface area contributed by atoms with E-state index in [1.165, 1.54) is 11.3 Å². The summed E-state index contributed by atoms with van der Waals surface area (Å²) >= 11 is 13.7. The summed E-state index contributed by atoms with van der Waals surface area (Å²) in [5, 5.41) is 1.06. The van der Waals surface area contributed by atoms with Crippen LogP contribution in [-0.4, -0.2) is 29.7 Å². The lowest BCUT2D eigenvalue weighted by Gasteiger charge is -2.13. The largest absolute Gasteiger partial charge is 0.493 e. The summed E-state index contributed by atoms with van der Waals surface area (Å²) in [6, 6.07) is 18.3. The Kier molecular flexibility index (Phi) is 6.81. The zero-order valence-electron chi connectivity index (χ0n) is 18.7. The van der Waals surface area contributed by atoms with Gasteiger partial charge >= 0.3 is 0 Å². The van der Waals surface area contributed by atoms with Gasteiger partial charge in [-0.1, -0.05) is 46.7 Å². The Balaban J connectivity index is 1.32. The summed E-state index contributed by atoms with van der Waals surface area (Å²) in [6.07, 6.45) is 2.44. The molecule has 35 heavy (non-hydrogen) atoms. The first-order chi connectivity index (χ1) is 17.0. The lowest BCUT2D eigenvalue weighted by Crippen LogP contribution is -2.22. The predicted molar refractivity (Wildman–Crippen MR) is 141 cm³/mol. The van der Waals surface area contributed by atoms with Crippen molar-refractivity contribution in [3.8, 4) is 17.2 Å². The molecule has 2 heterocycles. The van der Waals surface area contributed by atoms with E-state index in [2.05, 4.69) is 4.98 Å². The zero-order chi connectivity index (χ0) is 24.4. The smallest absolute Gasteiger partial charge is 0.274 e. The second-order valence-corrected chi connectivity index (χ2v) is 9.53. The summed E-state index contributed by atoms with van der Waals surface area (Å²) in [4.78, 5) is 18.2. The van der Waals surface area contributed by atoms with Crippen molar-refractivity contribution in [2.24, 2.45) is 0 Å². The van der Waals surface area contributed by atoms with Gasteiger partial charge in [-0.15, -0.1) is 0 Å². The van der Waals surface area contributed by atoms with E-state index in [9.17, 15) is 4.79 Å². The van der Waals surface area contributed by atoms with Crippen LogP contribution in [0.3, 0.4) is 0 Å². The van der Waals surface area contributed by atoms with Crippen LogP contribution in [0.15, 0.2) is 65.5 Å². The second kappa shape index (κ2) is 10.2. The molecule has 9 heteroatoms. The number of benzene rings is 3. The van der Waals surface area contributed by atoms with Gasteiger partial charge in [0.05, 0.1) is 40.9 Å². The Hall–Kier alpha value is -3.26. The first-order valence-corrected chi connectivity index (χ1v) is 12.4. The van der Waals surface area contributed by atoms with Crippen LogP contribution in [0.25, 0.3) is 22.1 Å². The Morgan fingerprint density at radius 3 is 2.60 bits per heavy atom. The molecule has 0 aliphatic rings. The number of imidazole rings is 1. The summed E-state index contributed by atoms with van der Waals surface area (Å²) in [7, 11) is 1.55. The molecule has 0 fully saturated rings. The SMILES string of the molecule is COc1cc(C=c2sc3nc4ccccc4n3c2=O)cc(Cl)c1OCCCOc1ccc(Cl)cc1. The third-order valence-electron chi connectivity index (χ3n) is 5.31. The molecule has 0 amide bonds. The van der Waals surface area contributed by atoms with Crippen LogP contribution >= 0.6 is 34.5 Å². The van der Waals surface area contributed by atoms with Crippen molar-refractivity contribution in [3.63, 3.8) is 0 Å². The van der Waals surface area contributed by atoms with Crippen molar-refractivity contribution >= 4 is 56.6 Å². The molecule has 2 aromatic heterocycles. The highest BCUT2D eigenvalue weighted by Gasteiger charge is 2.14. The third-order valence-corrected chi connectivity index (χ3v) is 6.81. The van der Waals surface area contributed by atoms with Gasteiger partial charge in [-0.25, -0.2) is 9.38 Å². The average Bonchev–Trinajstić information content (AvgIpc) is 3.36. The molecule has 0 saturated heterocycles. The molecule has 5 aromatic rings. The number of fused-ring (bicyclic) bond motifs is 3. The lowest BCUT2D eigenvalue weighted by molar-refractivity contribution is 0.240. The normalized spacial score (nSPS) is 11.9. The van der Waals surface area contributed by atoms with Gasteiger partial charge in [0.2, 0.25) is 0 Å². The van der Waals surface area contributed by atoms with Crippen LogP contribution in [0.1, 0.15) is 12.0 Å². The van der Waals surface area contributed by atoms with E-state index >= 15 is 0 Å². The van der Waals surface area contributed by atoms with Gasteiger partial charge in [-0.05, 0) is 60.2 Å². The van der Waals surface area contributed by atoms with Crippen molar-refractivity contribution < 1.29 is 14.2 Å². The Bertz CT molecular complexity index is 1610. The summed E-state index contributed by atoms with van der Waals surface area (Å²) in [5.74, 6) is 1.69. The summed E-state index contributed by atoms with van der Waals surface area (Å²) in [5.41, 5.74) is 2.21. The fraction of sp³-hybridized carbons (Fsp3) is 0.154. The van der Waals surface area contributed by atoms with Gasteiger partial charge in [0.15, 0.2) is 16.5 Å². The van der Waals surface area contributed by atoms with E-state index < -0.39 is 0 Å². The van der Waals surface area contributed by atoms with Crippen LogP contribution in [0.5, 0.6) is 17.2 Å². The minimum Gasteiger partial charge on any atom is -0.493 e. The summed E-state index contributed by atoms with van der Waals surface area (Å²) in [6.45, 7) is 0.876. The van der Waals surface area contributed by atoms with E-state index in [-0.39, 0.29) is 5.56 Å². The van der Waals surface area contributed by atoms with Gasteiger partial charge in [-0.3, -0.25) is 4.79 Å². The second-order valence-electron chi connectivity index (χ2n) is 7.67. The molecule has 0 spiro atoms. The van der Waals surface area contributed by atoms with Gasteiger partial charge in [0, 0.05) is 11.4 Å². The van der Waals surface area contributed by atoms with Crippen molar-refractivity contribution in [3.05, 3.63) is 91.2 Å². The minimum atomic E-state index is -0.116. The van der Waals surface area contributed by atoms with Gasteiger partial charge < -0.3 is 14.2 Å². The molecule has 0 bridgehead atoms. The van der Waals surface area contributed by atoms with Gasteiger partial charge in [0.25, 0.3) is 5.56 Å². The van der Waals surface area contributed by atoms with Crippen molar-refractivity contribution in [1.82, 2.24) is 9.38 Å². The highest BCUT2D eigenvalue weighted by molar-refractivity contribution is 7.15. The molecule has 0 N–H and O–H groups in total. The van der Waals surface area contributed by atoms with Crippen LogP contribution in [0.2, 0.25) is 10.0 Å². The molecule has 6 nitrogen and oxygen atoms in total. The standard InChI is InChI=1S/C26H20Cl2N2O4S/c1-32-22-14-16(15-23-25(31)30-21-6-3-2-5-20(21)29-26(30)35-23)13-19(28)24(22)34-12-4-11-33-18-9-7-17(27)8-10-18/h2-3,5-10,13-15H,4,11-12H2,1H3. The molecule has 0 radical (unpaired) electrons.